The van der Waals surface area contributed by atoms with Crippen LogP contribution in [0.15, 0.2) is 0 Å². The van der Waals surface area contributed by atoms with E-state index >= 15 is 0 Å². The molecule has 7 heteroatoms. The largest absolute Gasteiger partial charge is 0.481 e. The molecule has 3 rings (SSSR count). The minimum Gasteiger partial charge on any atom is -0.481 e. The summed E-state index contributed by atoms with van der Waals surface area (Å²) in [6.45, 7) is 2.14. The highest BCUT2D eigenvalue weighted by molar-refractivity contribution is 7.09. The summed E-state index contributed by atoms with van der Waals surface area (Å²) in [5.41, 5.74) is 0. The average Bonchev–Trinajstić information content (AvgIpc) is 3.17. The van der Waals surface area contributed by atoms with E-state index < -0.39 is 5.97 Å². The molecule has 0 bridgehead atoms. The van der Waals surface area contributed by atoms with Crippen molar-refractivity contribution in [2.24, 2.45) is 0 Å². The van der Waals surface area contributed by atoms with Crippen LogP contribution in [0.4, 0.5) is 5.13 Å². The van der Waals surface area contributed by atoms with Crippen LogP contribution < -0.4 is 4.90 Å². The molecule has 1 aliphatic heterocycles. The molecule has 1 saturated carbocycles. The number of carboxylic acids is 1. The molecular weight excluding hydrogens is 278 g/mol. The zero-order valence-corrected chi connectivity index (χ0v) is 12.1. The van der Waals surface area contributed by atoms with Crippen molar-refractivity contribution in [2.75, 3.05) is 24.6 Å². The molecule has 0 radical (unpaired) electrons. The maximum Gasteiger partial charge on any atom is 0.305 e. The summed E-state index contributed by atoms with van der Waals surface area (Å²) in [7, 11) is 0. The SMILES string of the molecule is O=C(O)CCOC1CCN(c2nc(C3CC3)ns2)CC1. The van der Waals surface area contributed by atoms with E-state index in [-0.39, 0.29) is 12.5 Å². The molecule has 1 aromatic rings. The van der Waals surface area contributed by atoms with E-state index in [9.17, 15) is 4.79 Å². The second kappa shape index (κ2) is 6.05. The second-order valence-corrected chi connectivity index (χ2v) is 6.14. The number of anilines is 1. The summed E-state index contributed by atoms with van der Waals surface area (Å²) in [6, 6.07) is 0. The first-order valence-corrected chi connectivity index (χ1v) is 7.91. The number of aromatic nitrogens is 2. The monoisotopic (exact) mass is 297 g/mol. The molecular formula is C13H19N3O3S. The van der Waals surface area contributed by atoms with Crippen molar-refractivity contribution in [3.05, 3.63) is 5.82 Å². The van der Waals surface area contributed by atoms with Gasteiger partial charge in [-0.25, -0.2) is 4.98 Å². The van der Waals surface area contributed by atoms with Gasteiger partial charge >= 0.3 is 5.97 Å². The molecule has 110 valence electrons. The van der Waals surface area contributed by atoms with Crippen molar-refractivity contribution in [2.45, 2.75) is 44.1 Å². The Labute approximate surface area is 121 Å². The van der Waals surface area contributed by atoms with Gasteiger partial charge in [0.25, 0.3) is 0 Å². The Morgan fingerprint density at radius 3 is 2.75 bits per heavy atom. The number of hydrogen-bond donors (Lipinski definition) is 1. The Hall–Kier alpha value is -1.21. The lowest BCUT2D eigenvalue weighted by molar-refractivity contribution is -0.138. The van der Waals surface area contributed by atoms with Crippen molar-refractivity contribution in [1.82, 2.24) is 9.36 Å². The first-order valence-electron chi connectivity index (χ1n) is 7.14. The third kappa shape index (κ3) is 3.46. The van der Waals surface area contributed by atoms with E-state index in [0.717, 1.165) is 36.9 Å². The summed E-state index contributed by atoms with van der Waals surface area (Å²) in [6.07, 6.45) is 4.59. The molecule has 0 atom stereocenters. The number of rotatable bonds is 6. The Kier molecular flexibility index (Phi) is 4.16. The Balaban J connectivity index is 1.44. The van der Waals surface area contributed by atoms with Crippen LogP contribution in [0.5, 0.6) is 0 Å². The smallest absolute Gasteiger partial charge is 0.305 e. The maximum absolute atomic E-state index is 10.4. The summed E-state index contributed by atoms with van der Waals surface area (Å²) in [5.74, 6) is 0.825. The summed E-state index contributed by atoms with van der Waals surface area (Å²) in [4.78, 5) is 17.3. The van der Waals surface area contributed by atoms with Gasteiger partial charge in [0.05, 0.1) is 19.1 Å². The fraction of sp³-hybridized carbons (Fsp3) is 0.769. The summed E-state index contributed by atoms with van der Waals surface area (Å²) in [5, 5.41) is 9.61. The van der Waals surface area contributed by atoms with Crippen LogP contribution in [-0.4, -0.2) is 46.2 Å². The average molecular weight is 297 g/mol. The zero-order chi connectivity index (χ0) is 13.9. The van der Waals surface area contributed by atoms with Gasteiger partial charge < -0.3 is 14.7 Å². The minimum absolute atomic E-state index is 0.0847. The number of piperidine rings is 1. The van der Waals surface area contributed by atoms with Crippen LogP contribution in [-0.2, 0) is 9.53 Å². The van der Waals surface area contributed by atoms with Crippen molar-refractivity contribution in [3.8, 4) is 0 Å². The Bertz CT molecular complexity index is 467. The van der Waals surface area contributed by atoms with Crippen LogP contribution in [0.2, 0.25) is 0 Å². The molecule has 1 saturated heterocycles. The highest BCUT2D eigenvalue weighted by atomic mass is 32.1. The molecule has 0 amide bonds. The fourth-order valence-corrected chi connectivity index (χ4v) is 3.19. The van der Waals surface area contributed by atoms with Gasteiger partial charge in [0.2, 0.25) is 5.13 Å². The van der Waals surface area contributed by atoms with Gasteiger partial charge in [-0.3, -0.25) is 4.79 Å². The maximum atomic E-state index is 10.4. The summed E-state index contributed by atoms with van der Waals surface area (Å²) >= 11 is 1.49. The quantitative estimate of drug-likeness (QED) is 0.864. The van der Waals surface area contributed by atoms with Crippen molar-refractivity contribution >= 4 is 22.6 Å². The first kappa shape index (κ1) is 13.8. The van der Waals surface area contributed by atoms with Crippen molar-refractivity contribution in [3.63, 3.8) is 0 Å². The Morgan fingerprint density at radius 1 is 1.35 bits per heavy atom. The lowest BCUT2D eigenvalue weighted by Crippen LogP contribution is -2.37. The Morgan fingerprint density at radius 2 is 2.10 bits per heavy atom. The molecule has 1 aliphatic carbocycles. The normalized spacial score (nSPS) is 20.3. The number of carboxylic acid groups (broad SMARTS) is 1. The van der Waals surface area contributed by atoms with E-state index in [4.69, 9.17) is 9.84 Å². The van der Waals surface area contributed by atoms with E-state index in [1.165, 1.54) is 24.4 Å². The molecule has 1 aromatic heterocycles. The highest BCUT2D eigenvalue weighted by Crippen LogP contribution is 2.39. The van der Waals surface area contributed by atoms with E-state index in [2.05, 4.69) is 14.3 Å². The molecule has 1 N–H and O–H groups in total. The molecule has 20 heavy (non-hydrogen) atoms. The number of carbonyl (C=O) groups is 1. The molecule has 2 heterocycles. The van der Waals surface area contributed by atoms with Crippen LogP contribution in [0.25, 0.3) is 0 Å². The highest BCUT2D eigenvalue weighted by Gasteiger charge is 2.29. The molecule has 0 unspecified atom stereocenters. The molecule has 2 fully saturated rings. The van der Waals surface area contributed by atoms with Crippen LogP contribution >= 0.6 is 11.5 Å². The van der Waals surface area contributed by atoms with E-state index in [1.807, 2.05) is 0 Å². The van der Waals surface area contributed by atoms with Crippen LogP contribution in [0.3, 0.4) is 0 Å². The minimum atomic E-state index is -0.802. The zero-order valence-electron chi connectivity index (χ0n) is 11.3. The molecule has 6 nitrogen and oxygen atoms in total. The van der Waals surface area contributed by atoms with Gasteiger partial charge in [-0.2, -0.15) is 4.37 Å². The molecule has 0 aromatic carbocycles. The molecule has 0 spiro atoms. The predicted octanol–water partition coefficient (Wildman–Crippen LogP) is 1.88. The van der Waals surface area contributed by atoms with E-state index in [1.54, 1.807) is 0 Å². The van der Waals surface area contributed by atoms with Gasteiger partial charge in [0.1, 0.15) is 5.82 Å². The van der Waals surface area contributed by atoms with Crippen molar-refractivity contribution in [1.29, 1.82) is 0 Å². The van der Waals surface area contributed by atoms with E-state index in [0.29, 0.717) is 12.5 Å². The lowest BCUT2D eigenvalue weighted by atomic mass is 10.1. The number of ether oxygens (including phenoxy) is 1. The van der Waals surface area contributed by atoms with Crippen LogP contribution in [0, 0.1) is 0 Å². The molecule has 2 aliphatic rings. The summed E-state index contributed by atoms with van der Waals surface area (Å²) < 4.78 is 10.0. The van der Waals surface area contributed by atoms with Crippen LogP contribution in [0.1, 0.15) is 43.8 Å². The predicted molar refractivity (Wildman–Crippen MR) is 75.3 cm³/mol. The van der Waals surface area contributed by atoms with Gasteiger partial charge in [-0.15, -0.1) is 0 Å². The lowest BCUT2D eigenvalue weighted by Gasteiger charge is -2.31. The number of nitrogens with zero attached hydrogens (tertiary/aromatic N) is 3. The fourth-order valence-electron chi connectivity index (χ4n) is 2.39. The third-order valence-electron chi connectivity index (χ3n) is 3.76. The standard InChI is InChI=1S/C13H19N3O3S/c17-11(18)5-8-19-10-3-6-16(7-4-10)13-14-12(15-20-13)9-1-2-9/h9-10H,1-8H2,(H,17,18). The topological polar surface area (TPSA) is 75.6 Å². The van der Waals surface area contributed by atoms with Gasteiger partial charge in [-0.05, 0) is 25.7 Å². The van der Waals surface area contributed by atoms with Gasteiger partial charge in [-0.1, -0.05) is 0 Å². The number of aliphatic carboxylic acids is 1. The second-order valence-electron chi connectivity index (χ2n) is 5.41. The number of hydrogen-bond acceptors (Lipinski definition) is 6. The van der Waals surface area contributed by atoms with Gasteiger partial charge in [0.15, 0.2) is 0 Å². The van der Waals surface area contributed by atoms with Crippen molar-refractivity contribution < 1.29 is 14.6 Å². The first-order chi connectivity index (χ1) is 9.72. The van der Waals surface area contributed by atoms with Gasteiger partial charge in [0, 0.05) is 30.5 Å². The third-order valence-corrected chi connectivity index (χ3v) is 4.55.